The van der Waals surface area contributed by atoms with E-state index in [0.29, 0.717) is 12.5 Å². The fourth-order valence-electron chi connectivity index (χ4n) is 2.10. The number of thiophene rings is 1. The second-order valence-electron chi connectivity index (χ2n) is 4.28. The van der Waals surface area contributed by atoms with E-state index in [4.69, 9.17) is 4.74 Å². The SMILES string of the molecule is O=C(CCCOC1CCCC1)c1cccs1. The lowest BCUT2D eigenvalue weighted by Gasteiger charge is -2.09. The Morgan fingerprint density at radius 3 is 2.94 bits per heavy atom. The number of ketones is 1. The van der Waals surface area contributed by atoms with Crippen molar-refractivity contribution in [2.24, 2.45) is 0 Å². The van der Waals surface area contributed by atoms with Crippen molar-refractivity contribution in [2.75, 3.05) is 6.61 Å². The van der Waals surface area contributed by atoms with Gasteiger partial charge in [0.25, 0.3) is 0 Å². The first-order chi connectivity index (χ1) is 7.86. The Morgan fingerprint density at radius 2 is 2.25 bits per heavy atom. The lowest BCUT2D eigenvalue weighted by atomic mass is 10.2. The molecule has 1 aliphatic carbocycles. The fraction of sp³-hybridized carbons (Fsp3) is 0.615. The minimum atomic E-state index is 0.255. The Balaban J connectivity index is 1.59. The number of rotatable bonds is 6. The Morgan fingerprint density at radius 1 is 1.44 bits per heavy atom. The van der Waals surface area contributed by atoms with Crippen LogP contribution in [0.5, 0.6) is 0 Å². The van der Waals surface area contributed by atoms with Crippen molar-refractivity contribution >= 4 is 17.1 Å². The number of hydrogen-bond acceptors (Lipinski definition) is 3. The molecular weight excluding hydrogens is 220 g/mol. The van der Waals surface area contributed by atoms with Gasteiger partial charge in [-0.15, -0.1) is 11.3 Å². The van der Waals surface area contributed by atoms with E-state index >= 15 is 0 Å². The van der Waals surface area contributed by atoms with Crippen LogP contribution in [0.25, 0.3) is 0 Å². The molecule has 1 fully saturated rings. The highest BCUT2D eigenvalue weighted by Gasteiger charge is 2.15. The summed E-state index contributed by atoms with van der Waals surface area (Å²) in [5.74, 6) is 0.255. The van der Waals surface area contributed by atoms with E-state index < -0.39 is 0 Å². The Hall–Kier alpha value is -0.670. The predicted octanol–water partition coefficient (Wildman–Crippen LogP) is 3.67. The van der Waals surface area contributed by atoms with Crippen LogP contribution < -0.4 is 0 Å². The van der Waals surface area contributed by atoms with E-state index in [1.807, 2.05) is 17.5 Å². The average Bonchev–Trinajstić information content (AvgIpc) is 2.96. The van der Waals surface area contributed by atoms with Crippen LogP contribution in [0.15, 0.2) is 17.5 Å². The number of Topliss-reactive ketones (excluding diaryl/α,β-unsaturated/α-hetero) is 1. The van der Waals surface area contributed by atoms with E-state index in [1.165, 1.54) is 37.0 Å². The molecule has 3 heteroatoms. The molecular formula is C13H18O2S. The molecule has 2 nitrogen and oxygen atoms in total. The monoisotopic (exact) mass is 238 g/mol. The standard InChI is InChI=1S/C13H18O2S/c14-12(13-8-4-10-16-13)7-3-9-15-11-5-1-2-6-11/h4,8,10-11H,1-3,5-7,9H2. The minimum absolute atomic E-state index is 0.255. The molecule has 1 aromatic heterocycles. The van der Waals surface area contributed by atoms with Gasteiger partial charge in [0.05, 0.1) is 11.0 Å². The van der Waals surface area contributed by atoms with Crippen molar-refractivity contribution in [1.82, 2.24) is 0 Å². The molecule has 88 valence electrons. The molecule has 0 radical (unpaired) electrons. The first-order valence-corrected chi connectivity index (χ1v) is 6.92. The topological polar surface area (TPSA) is 26.3 Å². The number of carbonyl (C=O) groups is 1. The first kappa shape index (κ1) is 11.8. The molecule has 1 aliphatic rings. The lowest BCUT2D eigenvalue weighted by Crippen LogP contribution is -2.09. The van der Waals surface area contributed by atoms with Gasteiger partial charge in [-0.1, -0.05) is 18.9 Å². The van der Waals surface area contributed by atoms with Crippen molar-refractivity contribution in [3.8, 4) is 0 Å². The van der Waals surface area contributed by atoms with E-state index in [-0.39, 0.29) is 5.78 Å². The van der Waals surface area contributed by atoms with Crippen molar-refractivity contribution in [1.29, 1.82) is 0 Å². The second-order valence-corrected chi connectivity index (χ2v) is 5.23. The maximum atomic E-state index is 11.7. The van der Waals surface area contributed by atoms with Gasteiger partial charge in [-0.2, -0.15) is 0 Å². The van der Waals surface area contributed by atoms with Gasteiger partial charge in [0, 0.05) is 13.0 Å². The summed E-state index contributed by atoms with van der Waals surface area (Å²) in [5, 5.41) is 1.95. The largest absolute Gasteiger partial charge is 0.378 e. The quantitative estimate of drug-likeness (QED) is 0.558. The fourth-order valence-corrected chi connectivity index (χ4v) is 2.79. The van der Waals surface area contributed by atoms with Crippen LogP contribution in [-0.2, 0) is 4.74 Å². The molecule has 1 heterocycles. The summed E-state index contributed by atoms with van der Waals surface area (Å²) in [6, 6.07) is 3.82. The third kappa shape index (κ3) is 3.42. The summed E-state index contributed by atoms with van der Waals surface area (Å²) in [7, 11) is 0. The van der Waals surface area contributed by atoms with E-state index in [0.717, 1.165) is 17.9 Å². The molecule has 0 atom stereocenters. The molecule has 0 bridgehead atoms. The van der Waals surface area contributed by atoms with Crippen LogP contribution in [0.3, 0.4) is 0 Å². The van der Waals surface area contributed by atoms with Crippen LogP contribution in [0.4, 0.5) is 0 Å². The summed E-state index contributed by atoms with van der Waals surface area (Å²) in [6.45, 7) is 0.738. The van der Waals surface area contributed by atoms with Crippen LogP contribution in [0.1, 0.15) is 48.2 Å². The van der Waals surface area contributed by atoms with Crippen molar-refractivity contribution in [2.45, 2.75) is 44.6 Å². The van der Waals surface area contributed by atoms with E-state index in [2.05, 4.69) is 0 Å². The third-order valence-corrected chi connectivity index (χ3v) is 3.91. The lowest BCUT2D eigenvalue weighted by molar-refractivity contribution is 0.0546. The zero-order valence-electron chi connectivity index (χ0n) is 9.48. The zero-order valence-corrected chi connectivity index (χ0v) is 10.3. The summed E-state index contributed by atoms with van der Waals surface area (Å²) in [6.07, 6.45) is 6.97. The number of carbonyl (C=O) groups excluding carboxylic acids is 1. The zero-order chi connectivity index (χ0) is 11.2. The Kier molecular flexibility index (Phi) is 4.55. The second kappa shape index (κ2) is 6.16. The average molecular weight is 238 g/mol. The van der Waals surface area contributed by atoms with Crippen LogP contribution in [0.2, 0.25) is 0 Å². The molecule has 0 saturated heterocycles. The Bertz CT molecular complexity index is 313. The summed E-state index contributed by atoms with van der Waals surface area (Å²) in [5.41, 5.74) is 0. The molecule has 0 aliphatic heterocycles. The Labute approximate surface area is 101 Å². The van der Waals surface area contributed by atoms with Gasteiger partial charge >= 0.3 is 0 Å². The third-order valence-electron chi connectivity index (χ3n) is 3.00. The van der Waals surface area contributed by atoms with Crippen LogP contribution >= 0.6 is 11.3 Å². The summed E-state index contributed by atoms with van der Waals surface area (Å²) in [4.78, 5) is 12.5. The predicted molar refractivity (Wildman–Crippen MR) is 66.1 cm³/mol. The molecule has 0 N–H and O–H groups in total. The first-order valence-electron chi connectivity index (χ1n) is 6.04. The van der Waals surface area contributed by atoms with Gasteiger partial charge in [0.1, 0.15) is 0 Å². The highest BCUT2D eigenvalue weighted by Crippen LogP contribution is 2.21. The highest BCUT2D eigenvalue weighted by atomic mass is 32.1. The van der Waals surface area contributed by atoms with Crippen molar-refractivity contribution < 1.29 is 9.53 Å². The van der Waals surface area contributed by atoms with E-state index in [1.54, 1.807) is 0 Å². The molecule has 0 unspecified atom stereocenters. The molecule has 1 saturated carbocycles. The van der Waals surface area contributed by atoms with Gasteiger partial charge in [0.15, 0.2) is 5.78 Å². The van der Waals surface area contributed by atoms with Gasteiger partial charge in [-0.25, -0.2) is 0 Å². The molecule has 0 amide bonds. The minimum Gasteiger partial charge on any atom is -0.378 e. The molecule has 0 aromatic carbocycles. The molecule has 0 spiro atoms. The van der Waals surface area contributed by atoms with Gasteiger partial charge in [-0.05, 0) is 30.7 Å². The molecule has 2 rings (SSSR count). The number of ether oxygens (including phenoxy) is 1. The molecule has 16 heavy (non-hydrogen) atoms. The summed E-state index contributed by atoms with van der Waals surface area (Å²) >= 11 is 1.52. The van der Waals surface area contributed by atoms with E-state index in [9.17, 15) is 4.79 Å². The molecule has 1 aromatic rings. The summed E-state index contributed by atoms with van der Waals surface area (Å²) < 4.78 is 5.72. The van der Waals surface area contributed by atoms with Crippen LogP contribution in [0, 0.1) is 0 Å². The highest BCUT2D eigenvalue weighted by molar-refractivity contribution is 7.12. The van der Waals surface area contributed by atoms with Gasteiger partial charge < -0.3 is 4.74 Å². The van der Waals surface area contributed by atoms with Crippen LogP contribution in [-0.4, -0.2) is 18.5 Å². The van der Waals surface area contributed by atoms with Gasteiger partial charge in [0.2, 0.25) is 0 Å². The smallest absolute Gasteiger partial charge is 0.172 e. The number of hydrogen-bond donors (Lipinski definition) is 0. The normalized spacial score (nSPS) is 16.8. The maximum Gasteiger partial charge on any atom is 0.172 e. The van der Waals surface area contributed by atoms with Gasteiger partial charge in [-0.3, -0.25) is 4.79 Å². The van der Waals surface area contributed by atoms with Crippen molar-refractivity contribution in [3.05, 3.63) is 22.4 Å². The maximum absolute atomic E-state index is 11.7. The van der Waals surface area contributed by atoms with Crippen molar-refractivity contribution in [3.63, 3.8) is 0 Å².